The van der Waals surface area contributed by atoms with Gasteiger partial charge in [0.1, 0.15) is 5.75 Å². The lowest BCUT2D eigenvalue weighted by Crippen LogP contribution is -2.44. The van der Waals surface area contributed by atoms with Crippen molar-refractivity contribution in [1.82, 2.24) is 10.1 Å². The van der Waals surface area contributed by atoms with Crippen molar-refractivity contribution in [3.8, 4) is 16.9 Å². The third-order valence-corrected chi connectivity index (χ3v) is 4.75. The van der Waals surface area contributed by atoms with Gasteiger partial charge in [-0.15, -0.1) is 12.4 Å². The Hall–Kier alpha value is -2.37. The molecule has 2 N–H and O–H groups in total. The van der Waals surface area contributed by atoms with Crippen molar-refractivity contribution in [3.63, 3.8) is 0 Å². The summed E-state index contributed by atoms with van der Waals surface area (Å²) in [6.45, 7) is 1.90. The highest BCUT2D eigenvalue weighted by molar-refractivity contribution is 5.85. The Balaban J connectivity index is 0.00000196. The molecule has 136 valence electrons. The van der Waals surface area contributed by atoms with Crippen LogP contribution < -0.4 is 10.5 Å². The maximum absolute atomic E-state index is 6.24. The predicted octanol–water partition coefficient (Wildman–Crippen LogP) is 4.64. The summed E-state index contributed by atoms with van der Waals surface area (Å²) in [6, 6.07) is 18.2. The number of benzene rings is 2. The van der Waals surface area contributed by atoms with Gasteiger partial charge in [-0.05, 0) is 49.4 Å². The molecular formula is C20H22ClN3O2. The fourth-order valence-electron chi connectivity index (χ4n) is 2.99. The summed E-state index contributed by atoms with van der Waals surface area (Å²) < 4.78 is 11.3. The number of nitrogens with zero attached hydrogens (tertiary/aromatic N) is 2. The summed E-state index contributed by atoms with van der Waals surface area (Å²) in [5.74, 6) is 1.81. The van der Waals surface area contributed by atoms with Gasteiger partial charge in [0.2, 0.25) is 0 Å². The van der Waals surface area contributed by atoms with E-state index in [4.69, 9.17) is 15.0 Å². The van der Waals surface area contributed by atoms with Crippen LogP contribution in [0.15, 0.2) is 59.1 Å². The number of rotatable bonds is 5. The average Bonchev–Trinajstić information content (AvgIpc) is 3.12. The number of nitrogens with two attached hydrogens (primary N) is 1. The molecule has 1 heterocycles. The minimum absolute atomic E-state index is 0. The minimum atomic E-state index is -0.418. The van der Waals surface area contributed by atoms with Crippen molar-refractivity contribution in [2.75, 3.05) is 0 Å². The maximum atomic E-state index is 6.24. The van der Waals surface area contributed by atoms with Crippen molar-refractivity contribution < 1.29 is 9.26 Å². The SMILES string of the molecule is CC(Oc1ccc(-c2ccccc2)cc1)c1nc(C2(N)CCC2)no1.Cl. The van der Waals surface area contributed by atoms with Gasteiger partial charge in [0.15, 0.2) is 11.9 Å². The summed E-state index contributed by atoms with van der Waals surface area (Å²) in [5, 5.41) is 4.04. The molecule has 3 aromatic rings. The van der Waals surface area contributed by atoms with E-state index in [0.29, 0.717) is 11.7 Å². The van der Waals surface area contributed by atoms with Crippen LogP contribution in [0, 0.1) is 0 Å². The molecule has 0 saturated heterocycles. The van der Waals surface area contributed by atoms with Gasteiger partial charge < -0.3 is 15.0 Å². The van der Waals surface area contributed by atoms with Crippen LogP contribution in [0.3, 0.4) is 0 Å². The summed E-state index contributed by atoms with van der Waals surface area (Å²) in [4.78, 5) is 4.44. The van der Waals surface area contributed by atoms with E-state index < -0.39 is 5.54 Å². The Bertz CT molecular complexity index is 845. The molecule has 4 rings (SSSR count). The standard InChI is InChI=1S/C20H21N3O2.ClH/c1-14(18-22-19(23-25-18)20(21)12-5-13-20)24-17-10-8-16(9-11-17)15-6-3-2-4-7-15;/h2-4,6-11,14H,5,12-13,21H2,1H3;1H. The predicted molar refractivity (Wildman–Crippen MR) is 102 cm³/mol. The first-order valence-corrected chi connectivity index (χ1v) is 8.59. The molecule has 6 heteroatoms. The van der Waals surface area contributed by atoms with E-state index in [-0.39, 0.29) is 18.5 Å². The smallest absolute Gasteiger partial charge is 0.267 e. The van der Waals surface area contributed by atoms with Gasteiger partial charge in [-0.3, -0.25) is 0 Å². The molecule has 1 aliphatic rings. The Kier molecular flexibility index (Phi) is 5.30. The largest absolute Gasteiger partial charge is 0.481 e. The average molecular weight is 372 g/mol. The zero-order valence-corrected chi connectivity index (χ0v) is 15.4. The van der Waals surface area contributed by atoms with Gasteiger partial charge in [0.05, 0.1) is 5.54 Å². The third-order valence-electron chi connectivity index (χ3n) is 4.75. The quantitative estimate of drug-likeness (QED) is 0.707. The van der Waals surface area contributed by atoms with Crippen LogP contribution in [-0.2, 0) is 5.54 Å². The van der Waals surface area contributed by atoms with Crippen LogP contribution in [0.5, 0.6) is 5.75 Å². The number of halogens is 1. The molecule has 1 fully saturated rings. The summed E-state index contributed by atoms with van der Waals surface area (Å²) in [6.07, 6.45) is 2.59. The lowest BCUT2D eigenvalue weighted by atomic mass is 9.77. The second-order valence-corrected chi connectivity index (χ2v) is 6.62. The molecule has 26 heavy (non-hydrogen) atoms. The fourth-order valence-corrected chi connectivity index (χ4v) is 2.99. The van der Waals surface area contributed by atoms with Crippen LogP contribution in [0.4, 0.5) is 0 Å². The number of aromatic nitrogens is 2. The van der Waals surface area contributed by atoms with Crippen LogP contribution >= 0.6 is 12.4 Å². The van der Waals surface area contributed by atoms with E-state index in [9.17, 15) is 0 Å². The van der Waals surface area contributed by atoms with Crippen LogP contribution in [0.1, 0.15) is 44.0 Å². The van der Waals surface area contributed by atoms with Gasteiger partial charge in [-0.1, -0.05) is 47.6 Å². The molecule has 1 aromatic heterocycles. The molecule has 0 amide bonds. The first-order chi connectivity index (χ1) is 12.1. The Labute approximate surface area is 159 Å². The second kappa shape index (κ2) is 7.48. The molecule has 0 bridgehead atoms. The minimum Gasteiger partial charge on any atom is -0.481 e. The Morgan fingerprint density at radius 3 is 2.31 bits per heavy atom. The van der Waals surface area contributed by atoms with Crippen molar-refractivity contribution in [3.05, 3.63) is 66.3 Å². The van der Waals surface area contributed by atoms with Gasteiger partial charge in [0.25, 0.3) is 5.89 Å². The number of ether oxygens (including phenoxy) is 1. The molecule has 1 atom stereocenters. The molecule has 1 aliphatic carbocycles. The Morgan fingerprint density at radius 2 is 1.69 bits per heavy atom. The van der Waals surface area contributed by atoms with E-state index in [1.54, 1.807) is 0 Å². The lowest BCUT2D eigenvalue weighted by molar-refractivity contribution is 0.174. The lowest BCUT2D eigenvalue weighted by Gasteiger charge is -2.34. The van der Waals surface area contributed by atoms with Crippen molar-refractivity contribution >= 4 is 12.4 Å². The number of hydrogen-bond donors (Lipinski definition) is 1. The van der Waals surface area contributed by atoms with Crippen molar-refractivity contribution in [2.45, 2.75) is 37.8 Å². The molecular weight excluding hydrogens is 350 g/mol. The molecule has 1 unspecified atom stereocenters. The van der Waals surface area contributed by atoms with Crippen LogP contribution in [0.25, 0.3) is 11.1 Å². The normalized spacial score (nSPS) is 16.2. The van der Waals surface area contributed by atoms with Crippen molar-refractivity contribution in [1.29, 1.82) is 0 Å². The highest BCUT2D eigenvalue weighted by atomic mass is 35.5. The van der Waals surface area contributed by atoms with Crippen LogP contribution in [-0.4, -0.2) is 10.1 Å². The summed E-state index contributed by atoms with van der Waals surface area (Å²) in [5.41, 5.74) is 8.15. The van der Waals surface area contributed by atoms with E-state index in [1.165, 1.54) is 5.56 Å². The van der Waals surface area contributed by atoms with E-state index in [0.717, 1.165) is 30.6 Å². The van der Waals surface area contributed by atoms with Crippen molar-refractivity contribution in [2.24, 2.45) is 5.73 Å². The Morgan fingerprint density at radius 1 is 1.04 bits per heavy atom. The van der Waals surface area contributed by atoms with Gasteiger partial charge in [-0.2, -0.15) is 4.98 Å². The summed E-state index contributed by atoms with van der Waals surface area (Å²) in [7, 11) is 0. The zero-order chi connectivity index (χ0) is 17.3. The molecule has 5 nitrogen and oxygen atoms in total. The first-order valence-electron chi connectivity index (χ1n) is 8.59. The van der Waals surface area contributed by atoms with Gasteiger partial charge >= 0.3 is 0 Å². The highest BCUT2D eigenvalue weighted by Crippen LogP contribution is 2.37. The molecule has 0 aliphatic heterocycles. The highest BCUT2D eigenvalue weighted by Gasteiger charge is 2.39. The fraction of sp³-hybridized carbons (Fsp3) is 0.300. The van der Waals surface area contributed by atoms with E-state index in [1.807, 2.05) is 49.4 Å². The van der Waals surface area contributed by atoms with Crippen LogP contribution in [0.2, 0.25) is 0 Å². The maximum Gasteiger partial charge on any atom is 0.267 e. The molecule has 0 radical (unpaired) electrons. The van der Waals surface area contributed by atoms with Gasteiger partial charge in [0, 0.05) is 0 Å². The zero-order valence-electron chi connectivity index (χ0n) is 14.6. The van der Waals surface area contributed by atoms with Gasteiger partial charge in [-0.25, -0.2) is 0 Å². The third kappa shape index (κ3) is 3.59. The summed E-state index contributed by atoms with van der Waals surface area (Å²) >= 11 is 0. The monoisotopic (exact) mass is 371 g/mol. The molecule has 1 saturated carbocycles. The second-order valence-electron chi connectivity index (χ2n) is 6.62. The molecule has 0 spiro atoms. The number of hydrogen-bond acceptors (Lipinski definition) is 5. The van der Waals surface area contributed by atoms with E-state index >= 15 is 0 Å². The van der Waals surface area contributed by atoms with E-state index in [2.05, 4.69) is 22.3 Å². The topological polar surface area (TPSA) is 74.2 Å². The first kappa shape index (κ1) is 18.4. The molecule has 2 aromatic carbocycles.